The zero-order valence-corrected chi connectivity index (χ0v) is 11.3. The summed E-state index contributed by atoms with van der Waals surface area (Å²) >= 11 is 1.45. The first-order chi connectivity index (χ1) is 8.99. The summed E-state index contributed by atoms with van der Waals surface area (Å²) in [5.41, 5.74) is 3.65. The van der Waals surface area contributed by atoms with Gasteiger partial charge in [0.2, 0.25) is 0 Å². The molecular formula is C13H13FN2O2S. The number of thiazole rings is 1. The second kappa shape index (κ2) is 5.36. The predicted octanol–water partition coefficient (Wildman–Crippen LogP) is 3.59. The van der Waals surface area contributed by atoms with Crippen molar-refractivity contribution in [3.63, 3.8) is 0 Å². The van der Waals surface area contributed by atoms with E-state index < -0.39 is 18.0 Å². The van der Waals surface area contributed by atoms with Gasteiger partial charge in [0, 0.05) is 5.56 Å². The fourth-order valence-corrected chi connectivity index (χ4v) is 2.66. The van der Waals surface area contributed by atoms with Gasteiger partial charge in [0.25, 0.3) is 0 Å². The van der Waals surface area contributed by atoms with E-state index in [4.69, 9.17) is 5.11 Å². The van der Waals surface area contributed by atoms with Crippen LogP contribution in [0.4, 0.5) is 9.18 Å². The van der Waals surface area contributed by atoms with E-state index in [9.17, 15) is 9.18 Å². The highest BCUT2D eigenvalue weighted by atomic mass is 32.1. The maximum absolute atomic E-state index is 14.0. The minimum atomic E-state index is -1.17. The molecule has 0 saturated carbocycles. The second-order valence-corrected chi connectivity index (χ2v) is 5.03. The Labute approximate surface area is 113 Å². The molecule has 100 valence electrons. The number of hydrogen-bond acceptors (Lipinski definition) is 3. The van der Waals surface area contributed by atoms with Crippen LogP contribution in [0.5, 0.6) is 0 Å². The summed E-state index contributed by atoms with van der Waals surface area (Å²) in [6, 6.07) is 4.20. The number of nitrogens with one attached hydrogen (secondary N) is 1. The molecule has 4 nitrogen and oxygen atoms in total. The zero-order chi connectivity index (χ0) is 14.0. The van der Waals surface area contributed by atoms with Crippen molar-refractivity contribution < 1.29 is 14.3 Å². The summed E-state index contributed by atoms with van der Waals surface area (Å²) in [7, 11) is 0. The number of rotatable bonds is 3. The lowest BCUT2D eigenvalue weighted by molar-refractivity contribution is 0.190. The van der Waals surface area contributed by atoms with Crippen LogP contribution in [0.2, 0.25) is 0 Å². The summed E-state index contributed by atoms with van der Waals surface area (Å²) in [5.74, 6) is -0.424. The SMILES string of the molecule is Cc1ncsc1-c1ccc(C(C)NC(=O)O)c(F)c1. The van der Waals surface area contributed by atoms with Gasteiger partial charge in [-0.25, -0.2) is 14.2 Å². The van der Waals surface area contributed by atoms with E-state index in [1.54, 1.807) is 24.6 Å². The number of nitrogens with zero attached hydrogens (tertiary/aromatic N) is 1. The molecule has 0 radical (unpaired) electrons. The van der Waals surface area contributed by atoms with Crippen LogP contribution in [0.25, 0.3) is 10.4 Å². The first-order valence-electron chi connectivity index (χ1n) is 5.68. The van der Waals surface area contributed by atoms with Crippen LogP contribution >= 0.6 is 11.3 Å². The molecule has 1 aromatic heterocycles. The Morgan fingerprint density at radius 3 is 2.79 bits per heavy atom. The number of carboxylic acid groups (broad SMARTS) is 1. The average molecular weight is 280 g/mol. The third kappa shape index (κ3) is 2.90. The van der Waals surface area contributed by atoms with E-state index in [1.807, 2.05) is 6.92 Å². The maximum Gasteiger partial charge on any atom is 0.405 e. The Kier molecular flexibility index (Phi) is 3.80. The second-order valence-electron chi connectivity index (χ2n) is 4.17. The lowest BCUT2D eigenvalue weighted by Gasteiger charge is -2.13. The molecule has 2 N–H and O–H groups in total. The first kappa shape index (κ1) is 13.5. The van der Waals surface area contributed by atoms with Crippen molar-refractivity contribution in [3.8, 4) is 10.4 Å². The molecule has 0 aliphatic heterocycles. The molecule has 19 heavy (non-hydrogen) atoms. The number of hydrogen-bond donors (Lipinski definition) is 2. The lowest BCUT2D eigenvalue weighted by Crippen LogP contribution is -2.25. The molecule has 0 bridgehead atoms. The molecule has 0 saturated heterocycles. The highest BCUT2D eigenvalue weighted by molar-refractivity contribution is 7.13. The molecule has 1 heterocycles. The lowest BCUT2D eigenvalue weighted by atomic mass is 10.0. The monoisotopic (exact) mass is 280 g/mol. The Balaban J connectivity index is 2.32. The van der Waals surface area contributed by atoms with Crippen molar-refractivity contribution in [3.05, 3.63) is 40.8 Å². The Bertz CT molecular complexity index is 612. The molecular weight excluding hydrogens is 267 g/mol. The van der Waals surface area contributed by atoms with Crippen molar-refractivity contribution in [1.82, 2.24) is 10.3 Å². The van der Waals surface area contributed by atoms with Crippen LogP contribution in [0.1, 0.15) is 24.2 Å². The summed E-state index contributed by atoms with van der Waals surface area (Å²) in [4.78, 5) is 15.6. The minimum Gasteiger partial charge on any atom is -0.465 e. The standard InChI is InChI=1S/C13H13FN2O2S/c1-7(16-13(17)18)10-4-3-9(5-11(10)14)12-8(2)15-6-19-12/h3-7,16H,1-2H3,(H,17,18). The van der Waals surface area contributed by atoms with E-state index in [2.05, 4.69) is 10.3 Å². The summed E-state index contributed by atoms with van der Waals surface area (Å²) in [6.45, 7) is 3.47. The Morgan fingerprint density at radius 1 is 1.53 bits per heavy atom. The van der Waals surface area contributed by atoms with Gasteiger partial charge in [0.05, 0.1) is 22.1 Å². The summed E-state index contributed by atoms with van der Waals surface area (Å²) in [6.07, 6.45) is -1.17. The molecule has 2 aromatic rings. The molecule has 1 aromatic carbocycles. The highest BCUT2D eigenvalue weighted by Gasteiger charge is 2.14. The van der Waals surface area contributed by atoms with Crippen molar-refractivity contribution in [1.29, 1.82) is 0 Å². The van der Waals surface area contributed by atoms with Crippen molar-refractivity contribution in [2.75, 3.05) is 0 Å². The van der Waals surface area contributed by atoms with Gasteiger partial charge in [-0.05, 0) is 25.5 Å². The fraction of sp³-hybridized carbons (Fsp3) is 0.231. The van der Waals surface area contributed by atoms with Gasteiger partial charge in [0.15, 0.2) is 0 Å². The zero-order valence-electron chi connectivity index (χ0n) is 10.5. The molecule has 0 spiro atoms. The van der Waals surface area contributed by atoms with Gasteiger partial charge in [-0.3, -0.25) is 0 Å². The number of amides is 1. The van der Waals surface area contributed by atoms with E-state index in [-0.39, 0.29) is 0 Å². The molecule has 1 unspecified atom stereocenters. The molecule has 2 rings (SSSR count). The van der Waals surface area contributed by atoms with E-state index >= 15 is 0 Å². The minimum absolute atomic E-state index is 0.327. The quantitative estimate of drug-likeness (QED) is 0.903. The Morgan fingerprint density at radius 2 is 2.26 bits per heavy atom. The first-order valence-corrected chi connectivity index (χ1v) is 6.56. The van der Waals surface area contributed by atoms with Gasteiger partial charge < -0.3 is 10.4 Å². The average Bonchev–Trinajstić information content (AvgIpc) is 2.74. The summed E-state index contributed by atoms with van der Waals surface area (Å²) in [5, 5.41) is 10.9. The molecule has 0 aliphatic carbocycles. The number of benzene rings is 1. The van der Waals surface area contributed by atoms with Crippen LogP contribution in [0, 0.1) is 12.7 Å². The number of carbonyl (C=O) groups is 1. The topological polar surface area (TPSA) is 62.2 Å². The summed E-state index contributed by atoms with van der Waals surface area (Å²) < 4.78 is 14.0. The molecule has 0 fully saturated rings. The molecule has 6 heteroatoms. The van der Waals surface area contributed by atoms with Gasteiger partial charge in [0.1, 0.15) is 5.82 Å². The predicted molar refractivity (Wildman–Crippen MR) is 71.8 cm³/mol. The fourth-order valence-electron chi connectivity index (χ4n) is 1.86. The number of aromatic nitrogens is 1. The van der Waals surface area contributed by atoms with E-state index in [0.29, 0.717) is 5.56 Å². The largest absolute Gasteiger partial charge is 0.465 e. The normalized spacial score (nSPS) is 12.2. The van der Waals surface area contributed by atoms with Crippen LogP contribution < -0.4 is 5.32 Å². The van der Waals surface area contributed by atoms with Crippen LogP contribution in [0.3, 0.4) is 0 Å². The molecule has 0 aliphatic rings. The number of halogens is 1. The molecule has 1 amide bonds. The van der Waals surface area contributed by atoms with Gasteiger partial charge in [-0.15, -0.1) is 11.3 Å². The van der Waals surface area contributed by atoms with Crippen LogP contribution in [0.15, 0.2) is 23.7 Å². The van der Waals surface area contributed by atoms with E-state index in [0.717, 1.165) is 16.1 Å². The van der Waals surface area contributed by atoms with Gasteiger partial charge in [-0.1, -0.05) is 12.1 Å². The third-order valence-electron chi connectivity index (χ3n) is 2.81. The van der Waals surface area contributed by atoms with E-state index in [1.165, 1.54) is 17.4 Å². The van der Waals surface area contributed by atoms with Crippen molar-refractivity contribution >= 4 is 17.4 Å². The molecule has 1 atom stereocenters. The van der Waals surface area contributed by atoms with Gasteiger partial charge >= 0.3 is 6.09 Å². The number of aryl methyl sites for hydroxylation is 1. The van der Waals surface area contributed by atoms with Crippen molar-refractivity contribution in [2.45, 2.75) is 19.9 Å². The van der Waals surface area contributed by atoms with Gasteiger partial charge in [-0.2, -0.15) is 0 Å². The highest BCUT2D eigenvalue weighted by Crippen LogP contribution is 2.29. The van der Waals surface area contributed by atoms with Crippen molar-refractivity contribution in [2.24, 2.45) is 0 Å². The Hall–Kier alpha value is -1.95. The third-order valence-corrected chi connectivity index (χ3v) is 3.79. The smallest absolute Gasteiger partial charge is 0.405 e. The maximum atomic E-state index is 14.0. The van der Waals surface area contributed by atoms with Crippen LogP contribution in [-0.2, 0) is 0 Å². The van der Waals surface area contributed by atoms with Crippen LogP contribution in [-0.4, -0.2) is 16.2 Å².